The van der Waals surface area contributed by atoms with E-state index in [-0.39, 0.29) is 12.5 Å². The predicted molar refractivity (Wildman–Crippen MR) is 110 cm³/mol. The molecular formula is C21H21N3O3S. The van der Waals surface area contributed by atoms with Crippen molar-refractivity contribution in [3.8, 4) is 17.2 Å². The van der Waals surface area contributed by atoms with Crippen LogP contribution in [0.4, 0.5) is 5.82 Å². The fraction of sp³-hybridized carbons (Fsp3) is 0.238. The number of rotatable bonds is 6. The van der Waals surface area contributed by atoms with Gasteiger partial charge in [0.2, 0.25) is 0 Å². The highest BCUT2D eigenvalue weighted by atomic mass is 32.2. The number of aromatic nitrogens is 2. The van der Waals surface area contributed by atoms with Crippen molar-refractivity contribution in [1.82, 2.24) is 9.78 Å². The molecule has 7 heteroatoms. The molecule has 0 saturated heterocycles. The predicted octanol–water partition coefficient (Wildman–Crippen LogP) is 3.95. The highest BCUT2D eigenvalue weighted by molar-refractivity contribution is 7.98. The average molecular weight is 395 g/mol. The quantitative estimate of drug-likeness (QED) is 0.685. The largest absolute Gasteiger partial charge is 0.497 e. The van der Waals surface area contributed by atoms with Gasteiger partial charge in [-0.2, -0.15) is 16.9 Å². The first kappa shape index (κ1) is 18.4. The Bertz CT molecular complexity index is 1020. The molecule has 0 saturated carbocycles. The van der Waals surface area contributed by atoms with Crippen molar-refractivity contribution < 1.29 is 14.3 Å². The topological polar surface area (TPSA) is 65.4 Å². The van der Waals surface area contributed by atoms with Crippen molar-refractivity contribution in [2.45, 2.75) is 18.4 Å². The molecule has 0 fully saturated rings. The zero-order chi connectivity index (χ0) is 19.5. The summed E-state index contributed by atoms with van der Waals surface area (Å²) in [7, 11) is 1.59. The molecule has 2 aromatic carbocycles. The lowest BCUT2D eigenvalue weighted by molar-refractivity contribution is -0.118. The zero-order valence-corrected chi connectivity index (χ0v) is 16.6. The Morgan fingerprint density at radius 3 is 2.82 bits per heavy atom. The SMILES string of the molecule is COc1cccc(OCC(=O)Nc2c3c(nn2-c2ccccc2C)CSC3)c1. The number of hydrogen-bond donors (Lipinski definition) is 1. The molecule has 1 aliphatic heterocycles. The molecule has 2 heterocycles. The van der Waals surface area contributed by atoms with E-state index in [1.807, 2.05) is 48.0 Å². The third-order valence-electron chi connectivity index (χ3n) is 4.56. The van der Waals surface area contributed by atoms with Crippen LogP contribution < -0.4 is 14.8 Å². The summed E-state index contributed by atoms with van der Waals surface area (Å²) in [5.41, 5.74) is 4.17. The maximum absolute atomic E-state index is 12.6. The van der Waals surface area contributed by atoms with E-state index in [9.17, 15) is 4.79 Å². The van der Waals surface area contributed by atoms with E-state index in [1.54, 1.807) is 31.0 Å². The lowest BCUT2D eigenvalue weighted by atomic mass is 10.2. The molecule has 3 aromatic rings. The molecule has 0 bridgehead atoms. The minimum absolute atomic E-state index is 0.0893. The van der Waals surface area contributed by atoms with Gasteiger partial charge in [0, 0.05) is 23.1 Å². The van der Waals surface area contributed by atoms with E-state index >= 15 is 0 Å². The van der Waals surface area contributed by atoms with E-state index in [4.69, 9.17) is 14.6 Å². The van der Waals surface area contributed by atoms with Crippen molar-refractivity contribution >= 4 is 23.5 Å². The highest BCUT2D eigenvalue weighted by Gasteiger charge is 2.25. The van der Waals surface area contributed by atoms with Gasteiger partial charge in [0.05, 0.1) is 18.5 Å². The van der Waals surface area contributed by atoms with Crippen LogP contribution in [-0.4, -0.2) is 29.4 Å². The maximum Gasteiger partial charge on any atom is 0.263 e. The monoisotopic (exact) mass is 395 g/mol. The Morgan fingerprint density at radius 2 is 2.00 bits per heavy atom. The third kappa shape index (κ3) is 3.71. The summed E-state index contributed by atoms with van der Waals surface area (Å²) in [4.78, 5) is 12.6. The molecule has 0 unspecified atom stereocenters. The molecular weight excluding hydrogens is 374 g/mol. The third-order valence-corrected chi connectivity index (χ3v) is 5.53. The van der Waals surface area contributed by atoms with Gasteiger partial charge in [-0.3, -0.25) is 4.79 Å². The summed E-state index contributed by atoms with van der Waals surface area (Å²) in [6, 6.07) is 15.2. The molecule has 0 spiro atoms. The van der Waals surface area contributed by atoms with Gasteiger partial charge in [-0.15, -0.1) is 0 Å². The molecule has 0 aliphatic carbocycles. The van der Waals surface area contributed by atoms with E-state index in [0.29, 0.717) is 11.5 Å². The number of anilines is 1. The first-order valence-electron chi connectivity index (χ1n) is 8.97. The van der Waals surface area contributed by atoms with E-state index in [2.05, 4.69) is 5.32 Å². The number of carbonyl (C=O) groups is 1. The Labute approximate surface area is 167 Å². The van der Waals surface area contributed by atoms with Gasteiger partial charge in [0.15, 0.2) is 6.61 Å². The van der Waals surface area contributed by atoms with Crippen LogP contribution in [0.25, 0.3) is 5.69 Å². The van der Waals surface area contributed by atoms with Crippen LogP contribution in [0.3, 0.4) is 0 Å². The second-order valence-corrected chi connectivity index (χ2v) is 7.47. The molecule has 1 amide bonds. The zero-order valence-electron chi connectivity index (χ0n) is 15.8. The van der Waals surface area contributed by atoms with Gasteiger partial charge in [-0.1, -0.05) is 24.3 Å². The van der Waals surface area contributed by atoms with E-state index in [1.165, 1.54) is 0 Å². The first-order valence-corrected chi connectivity index (χ1v) is 10.1. The second-order valence-electron chi connectivity index (χ2n) is 6.48. The normalized spacial score (nSPS) is 12.5. The van der Waals surface area contributed by atoms with Crippen LogP contribution in [0, 0.1) is 6.92 Å². The van der Waals surface area contributed by atoms with Gasteiger partial charge in [0.1, 0.15) is 17.3 Å². The van der Waals surface area contributed by atoms with Crippen molar-refractivity contribution in [3.05, 3.63) is 65.4 Å². The van der Waals surface area contributed by atoms with Gasteiger partial charge in [-0.05, 0) is 30.7 Å². The number of hydrogen-bond acceptors (Lipinski definition) is 5. The van der Waals surface area contributed by atoms with Gasteiger partial charge in [-0.25, -0.2) is 4.68 Å². The number of nitrogens with one attached hydrogen (secondary N) is 1. The van der Waals surface area contributed by atoms with Crippen LogP contribution in [0.5, 0.6) is 11.5 Å². The number of aryl methyl sites for hydroxylation is 1. The number of nitrogens with zero attached hydrogens (tertiary/aromatic N) is 2. The average Bonchev–Trinajstić information content (AvgIpc) is 3.30. The number of amides is 1. The summed E-state index contributed by atoms with van der Waals surface area (Å²) < 4.78 is 12.6. The molecule has 1 N–H and O–H groups in total. The Balaban J connectivity index is 1.54. The van der Waals surface area contributed by atoms with Gasteiger partial charge < -0.3 is 14.8 Å². The van der Waals surface area contributed by atoms with E-state index < -0.39 is 0 Å². The van der Waals surface area contributed by atoms with Gasteiger partial charge in [0.25, 0.3) is 5.91 Å². The fourth-order valence-corrected chi connectivity index (χ4v) is 4.16. The standard InChI is InChI=1S/C21H21N3O3S/c1-14-6-3-4-9-19(14)24-21(17-12-28-13-18(17)23-24)22-20(25)11-27-16-8-5-7-15(10-16)26-2/h3-10H,11-13H2,1-2H3,(H,22,25). The first-order chi connectivity index (χ1) is 13.7. The molecule has 144 valence electrons. The summed E-state index contributed by atoms with van der Waals surface area (Å²) in [6.45, 7) is 1.95. The van der Waals surface area contributed by atoms with Crippen molar-refractivity contribution in [2.24, 2.45) is 0 Å². The van der Waals surface area contributed by atoms with Crippen molar-refractivity contribution in [3.63, 3.8) is 0 Å². The molecule has 0 radical (unpaired) electrons. The Kier molecular flexibility index (Phi) is 5.25. The highest BCUT2D eigenvalue weighted by Crippen LogP contribution is 2.36. The second kappa shape index (κ2) is 7.98. The van der Waals surface area contributed by atoms with E-state index in [0.717, 1.165) is 39.8 Å². The molecule has 6 nitrogen and oxygen atoms in total. The van der Waals surface area contributed by atoms with Crippen LogP contribution in [0.1, 0.15) is 16.8 Å². The minimum Gasteiger partial charge on any atom is -0.497 e. The number of benzene rings is 2. The summed E-state index contributed by atoms with van der Waals surface area (Å²) >= 11 is 1.80. The number of thioether (sulfide) groups is 1. The van der Waals surface area contributed by atoms with Crippen LogP contribution in [0.15, 0.2) is 48.5 Å². The summed E-state index contributed by atoms with van der Waals surface area (Å²) in [6.07, 6.45) is 0. The number of carbonyl (C=O) groups excluding carboxylic acids is 1. The molecule has 28 heavy (non-hydrogen) atoms. The molecule has 0 atom stereocenters. The van der Waals surface area contributed by atoms with Crippen molar-refractivity contribution in [2.75, 3.05) is 19.0 Å². The number of fused-ring (bicyclic) bond motifs is 1. The lowest BCUT2D eigenvalue weighted by Gasteiger charge is -2.13. The Hall–Kier alpha value is -2.93. The fourth-order valence-electron chi connectivity index (χ4n) is 3.12. The van der Waals surface area contributed by atoms with Gasteiger partial charge >= 0.3 is 0 Å². The number of methoxy groups -OCH3 is 1. The lowest BCUT2D eigenvalue weighted by Crippen LogP contribution is -2.22. The van der Waals surface area contributed by atoms with Crippen LogP contribution >= 0.6 is 11.8 Å². The minimum atomic E-state index is -0.225. The molecule has 4 rings (SSSR count). The number of ether oxygens (including phenoxy) is 2. The smallest absolute Gasteiger partial charge is 0.263 e. The maximum atomic E-state index is 12.6. The molecule has 1 aromatic heterocycles. The van der Waals surface area contributed by atoms with Crippen molar-refractivity contribution in [1.29, 1.82) is 0 Å². The Morgan fingerprint density at radius 1 is 1.18 bits per heavy atom. The van der Waals surface area contributed by atoms with Crippen LogP contribution in [-0.2, 0) is 16.3 Å². The summed E-state index contributed by atoms with van der Waals surface area (Å²) in [5.74, 6) is 3.48. The number of para-hydroxylation sites is 1. The summed E-state index contributed by atoms with van der Waals surface area (Å²) in [5, 5.41) is 7.75. The molecule has 1 aliphatic rings. The van der Waals surface area contributed by atoms with Crippen LogP contribution in [0.2, 0.25) is 0 Å².